The van der Waals surface area contributed by atoms with E-state index in [1.54, 1.807) is 16.8 Å². The third-order valence-corrected chi connectivity index (χ3v) is 6.93. The first-order valence-corrected chi connectivity index (χ1v) is 10.6. The minimum absolute atomic E-state index is 0.0730. The number of nitrogens with zero attached hydrogens (tertiary/aromatic N) is 3. The first-order valence-electron chi connectivity index (χ1n) is 8.76. The number of nitrogens with one attached hydrogen (secondary N) is 1. The Hall–Kier alpha value is -2.84. The summed E-state index contributed by atoms with van der Waals surface area (Å²) in [5.74, 6) is 1.12. The zero-order valence-electron chi connectivity index (χ0n) is 14.9. The molecule has 0 spiro atoms. The fraction of sp³-hybridized carbons (Fsp3) is 0.150. The van der Waals surface area contributed by atoms with Crippen molar-refractivity contribution >= 4 is 45.0 Å². The molecule has 0 radical (unpaired) electrons. The van der Waals surface area contributed by atoms with Crippen LogP contribution in [0.1, 0.15) is 22.1 Å². The Morgan fingerprint density at radius 2 is 2.07 bits per heavy atom. The van der Waals surface area contributed by atoms with Gasteiger partial charge in [0.1, 0.15) is 11.6 Å². The Kier molecular flexibility index (Phi) is 4.10. The Morgan fingerprint density at radius 1 is 1.21 bits per heavy atom. The number of thiazole rings is 1. The first kappa shape index (κ1) is 17.3. The van der Waals surface area contributed by atoms with Gasteiger partial charge in [-0.2, -0.15) is 9.78 Å². The van der Waals surface area contributed by atoms with Crippen LogP contribution in [0.5, 0.6) is 5.75 Å². The lowest BCUT2D eigenvalue weighted by atomic mass is 10.0. The quantitative estimate of drug-likeness (QED) is 0.518. The number of hydrogen-bond acceptors (Lipinski definition) is 6. The molecule has 28 heavy (non-hydrogen) atoms. The van der Waals surface area contributed by atoms with E-state index in [4.69, 9.17) is 10.1 Å². The number of benzene rings is 2. The average Bonchev–Trinajstić information content (AvgIpc) is 3.18. The van der Waals surface area contributed by atoms with Gasteiger partial charge in [-0.15, -0.1) is 11.8 Å². The molecule has 4 aromatic rings. The highest BCUT2D eigenvalue weighted by molar-refractivity contribution is 8.00. The predicted molar refractivity (Wildman–Crippen MR) is 113 cm³/mol. The van der Waals surface area contributed by atoms with Crippen LogP contribution in [0.25, 0.3) is 15.3 Å². The largest absolute Gasteiger partial charge is 0.508 e. The van der Waals surface area contributed by atoms with Gasteiger partial charge < -0.3 is 10.4 Å². The summed E-state index contributed by atoms with van der Waals surface area (Å²) in [5, 5.41) is 18.3. The number of amides is 1. The molecule has 0 saturated carbocycles. The van der Waals surface area contributed by atoms with Gasteiger partial charge in [0.15, 0.2) is 0 Å². The summed E-state index contributed by atoms with van der Waals surface area (Å²) < 4.78 is 2.80. The van der Waals surface area contributed by atoms with E-state index < -0.39 is 0 Å². The second-order valence-corrected chi connectivity index (χ2v) is 8.66. The molecule has 0 unspecified atom stereocenters. The van der Waals surface area contributed by atoms with Crippen LogP contribution in [0.15, 0.2) is 48.5 Å². The van der Waals surface area contributed by atoms with E-state index in [1.807, 2.05) is 43.3 Å². The Morgan fingerprint density at radius 3 is 2.89 bits per heavy atom. The summed E-state index contributed by atoms with van der Waals surface area (Å²) in [6.07, 6.45) is 0. The predicted octanol–water partition coefficient (Wildman–Crippen LogP) is 4.27. The molecular formula is C20H16N4O2S2. The Balaban J connectivity index is 1.70. The molecule has 2 aromatic carbocycles. The standard InChI is InChI=1S/C20H16N4O2S2/c1-11-17-18(12-5-4-6-13(25)9-12)27-10-16(26)22-19(17)24(23-11)20-21-14-7-2-3-8-15(14)28-20/h2-9,18,25H,10H2,1H3,(H,22,26)/t18-/m0/s1. The van der Waals surface area contributed by atoms with E-state index in [0.29, 0.717) is 16.7 Å². The molecule has 1 aliphatic heterocycles. The lowest BCUT2D eigenvalue weighted by Crippen LogP contribution is -2.15. The molecule has 5 rings (SSSR count). The van der Waals surface area contributed by atoms with Gasteiger partial charge in [0.2, 0.25) is 11.0 Å². The Labute approximate surface area is 169 Å². The molecular weight excluding hydrogens is 392 g/mol. The SMILES string of the molecule is Cc1nn(-c2nc3ccccc3s2)c2c1[C@H](c1cccc(O)c1)SCC(=O)N2. The van der Waals surface area contributed by atoms with Crippen molar-refractivity contribution in [2.45, 2.75) is 12.2 Å². The number of carbonyl (C=O) groups is 1. The summed E-state index contributed by atoms with van der Waals surface area (Å²) in [6.45, 7) is 1.94. The highest BCUT2D eigenvalue weighted by atomic mass is 32.2. The van der Waals surface area contributed by atoms with E-state index >= 15 is 0 Å². The topological polar surface area (TPSA) is 80.0 Å². The number of phenolic OH excluding ortho intramolecular Hbond substituents is 1. The third kappa shape index (κ3) is 2.85. The van der Waals surface area contributed by atoms with Crippen LogP contribution in [0, 0.1) is 6.92 Å². The number of aromatic hydroxyl groups is 1. The molecule has 3 heterocycles. The summed E-state index contributed by atoms with van der Waals surface area (Å²) in [5.41, 5.74) is 3.62. The fourth-order valence-corrected chi connectivity index (χ4v) is 5.53. The molecule has 1 atom stereocenters. The molecule has 140 valence electrons. The van der Waals surface area contributed by atoms with Gasteiger partial charge in [0.05, 0.1) is 26.9 Å². The van der Waals surface area contributed by atoms with Crippen LogP contribution in [0.2, 0.25) is 0 Å². The fourth-order valence-electron chi connectivity index (χ4n) is 3.42. The maximum Gasteiger partial charge on any atom is 0.235 e. The summed E-state index contributed by atoms with van der Waals surface area (Å²) >= 11 is 3.07. The first-order chi connectivity index (χ1) is 13.6. The zero-order chi connectivity index (χ0) is 19.3. The van der Waals surface area contributed by atoms with E-state index in [9.17, 15) is 9.90 Å². The van der Waals surface area contributed by atoms with E-state index in [2.05, 4.69) is 5.32 Å². The van der Waals surface area contributed by atoms with Crippen molar-refractivity contribution in [2.75, 3.05) is 11.1 Å². The molecule has 0 saturated heterocycles. The van der Waals surface area contributed by atoms with Gasteiger partial charge in [0.25, 0.3) is 0 Å². The molecule has 2 N–H and O–H groups in total. The van der Waals surface area contributed by atoms with Gasteiger partial charge in [-0.3, -0.25) is 4.79 Å². The van der Waals surface area contributed by atoms with E-state index in [0.717, 1.165) is 27.0 Å². The monoisotopic (exact) mass is 408 g/mol. The number of hydrogen-bond donors (Lipinski definition) is 2. The van der Waals surface area contributed by atoms with Crippen molar-refractivity contribution in [3.8, 4) is 10.9 Å². The number of fused-ring (bicyclic) bond motifs is 2. The number of anilines is 1. The van der Waals surface area contributed by atoms with E-state index in [-0.39, 0.29) is 16.9 Å². The minimum atomic E-state index is -0.107. The van der Waals surface area contributed by atoms with Gasteiger partial charge in [-0.25, -0.2) is 4.98 Å². The van der Waals surface area contributed by atoms with Gasteiger partial charge in [-0.1, -0.05) is 35.6 Å². The minimum Gasteiger partial charge on any atom is -0.508 e. The van der Waals surface area contributed by atoms with Crippen LogP contribution in [0.3, 0.4) is 0 Å². The molecule has 0 fully saturated rings. The lowest BCUT2D eigenvalue weighted by molar-refractivity contribution is -0.113. The second-order valence-electron chi connectivity index (χ2n) is 6.56. The summed E-state index contributed by atoms with van der Waals surface area (Å²) in [6, 6.07) is 15.1. The van der Waals surface area contributed by atoms with Crippen molar-refractivity contribution in [1.82, 2.24) is 14.8 Å². The van der Waals surface area contributed by atoms with Crippen molar-refractivity contribution in [2.24, 2.45) is 0 Å². The zero-order valence-corrected chi connectivity index (χ0v) is 16.5. The van der Waals surface area contributed by atoms with Crippen molar-refractivity contribution in [3.05, 3.63) is 65.4 Å². The van der Waals surface area contributed by atoms with Crippen LogP contribution in [-0.2, 0) is 4.79 Å². The van der Waals surface area contributed by atoms with Crippen molar-refractivity contribution in [3.63, 3.8) is 0 Å². The van der Waals surface area contributed by atoms with Crippen LogP contribution >= 0.6 is 23.1 Å². The molecule has 1 aliphatic rings. The number of carbonyl (C=O) groups excluding carboxylic acids is 1. The van der Waals surface area contributed by atoms with Crippen molar-refractivity contribution in [1.29, 1.82) is 0 Å². The smallest absolute Gasteiger partial charge is 0.235 e. The normalized spacial score (nSPS) is 16.6. The highest BCUT2D eigenvalue weighted by Gasteiger charge is 2.31. The summed E-state index contributed by atoms with van der Waals surface area (Å²) in [4.78, 5) is 17.1. The number of para-hydroxylation sites is 1. The number of aromatic nitrogens is 3. The number of phenols is 1. The molecule has 0 bridgehead atoms. The molecule has 1 amide bonds. The number of aryl methyl sites for hydroxylation is 1. The lowest BCUT2D eigenvalue weighted by Gasteiger charge is -2.15. The van der Waals surface area contributed by atoms with Gasteiger partial charge >= 0.3 is 0 Å². The molecule has 0 aliphatic carbocycles. The van der Waals surface area contributed by atoms with Gasteiger partial charge in [-0.05, 0) is 36.8 Å². The number of rotatable bonds is 2. The second kappa shape index (κ2) is 6.65. The maximum atomic E-state index is 12.4. The molecule has 2 aromatic heterocycles. The average molecular weight is 409 g/mol. The molecule has 6 nitrogen and oxygen atoms in total. The summed E-state index contributed by atoms with van der Waals surface area (Å²) in [7, 11) is 0. The van der Waals surface area contributed by atoms with Crippen LogP contribution in [-0.4, -0.2) is 31.5 Å². The van der Waals surface area contributed by atoms with E-state index in [1.165, 1.54) is 23.1 Å². The van der Waals surface area contributed by atoms with Crippen LogP contribution < -0.4 is 5.32 Å². The van der Waals surface area contributed by atoms with Gasteiger partial charge in [0, 0.05) is 5.56 Å². The Bertz CT molecular complexity index is 1180. The number of thioether (sulfide) groups is 1. The third-order valence-electron chi connectivity index (χ3n) is 4.64. The molecule has 8 heteroatoms. The maximum absolute atomic E-state index is 12.4. The highest BCUT2D eigenvalue weighted by Crippen LogP contribution is 2.44. The van der Waals surface area contributed by atoms with Crippen LogP contribution in [0.4, 0.5) is 5.82 Å². The van der Waals surface area contributed by atoms with Crippen molar-refractivity contribution < 1.29 is 9.90 Å².